The van der Waals surface area contributed by atoms with Crippen molar-refractivity contribution < 1.29 is 4.74 Å². The molecule has 0 aliphatic carbocycles. The molecule has 2 heterocycles. The Morgan fingerprint density at radius 3 is 2.76 bits per heavy atom. The molecule has 1 aromatic rings. The maximum Gasteiger partial charge on any atom is 0.217 e. The second-order valence-electron chi connectivity index (χ2n) is 4.72. The van der Waals surface area contributed by atoms with Crippen LogP contribution in [0.4, 0.5) is 0 Å². The van der Waals surface area contributed by atoms with Crippen molar-refractivity contribution in [2.45, 2.75) is 25.3 Å². The summed E-state index contributed by atoms with van der Waals surface area (Å²) in [5, 5.41) is 0. The molecule has 0 aromatic carbocycles. The summed E-state index contributed by atoms with van der Waals surface area (Å²) in [7, 11) is 3.81. The second-order valence-corrected chi connectivity index (χ2v) is 4.72. The van der Waals surface area contributed by atoms with E-state index in [2.05, 4.69) is 23.0 Å². The lowest BCUT2D eigenvalue weighted by atomic mass is 9.90. The largest absolute Gasteiger partial charge is 0.481 e. The van der Waals surface area contributed by atoms with Gasteiger partial charge in [-0.2, -0.15) is 0 Å². The van der Waals surface area contributed by atoms with E-state index in [1.54, 1.807) is 7.11 Å². The molecule has 17 heavy (non-hydrogen) atoms. The lowest BCUT2D eigenvalue weighted by molar-refractivity contribution is 0.255. The van der Waals surface area contributed by atoms with Crippen LogP contribution in [0.1, 0.15) is 29.9 Å². The summed E-state index contributed by atoms with van der Waals surface area (Å²) in [5.74, 6) is 1.28. The van der Waals surface area contributed by atoms with E-state index in [0.29, 0.717) is 18.3 Å². The lowest BCUT2D eigenvalue weighted by Crippen LogP contribution is -2.29. The quantitative estimate of drug-likeness (QED) is 0.859. The number of rotatable bonds is 3. The van der Waals surface area contributed by atoms with Gasteiger partial charge >= 0.3 is 0 Å². The van der Waals surface area contributed by atoms with E-state index in [-0.39, 0.29) is 0 Å². The fraction of sp³-hybridized carbons (Fsp3) is 0.615. The van der Waals surface area contributed by atoms with Gasteiger partial charge in [-0.1, -0.05) is 0 Å². The van der Waals surface area contributed by atoms with E-state index in [0.717, 1.165) is 18.7 Å². The first-order valence-corrected chi connectivity index (χ1v) is 6.16. The summed E-state index contributed by atoms with van der Waals surface area (Å²) in [5.41, 5.74) is 8.03. The Morgan fingerprint density at radius 2 is 2.18 bits per heavy atom. The summed E-state index contributed by atoms with van der Waals surface area (Å²) < 4.78 is 5.20. The lowest BCUT2D eigenvalue weighted by Gasteiger charge is -2.29. The van der Waals surface area contributed by atoms with E-state index >= 15 is 0 Å². The van der Waals surface area contributed by atoms with E-state index in [9.17, 15) is 0 Å². The van der Waals surface area contributed by atoms with Crippen LogP contribution >= 0.6 is 0 Å². The first kappa shape index (κ1) is 12.3. The summed E-state index contributed by atoms with van der Waals surface area (Å²) in [6.07, 6.45) is 4.34. The molecule has 0 unspecified atom stereocenters. The van der Waals surface area contributed by atoms with Crippen LogP contribution in [0.5, 0.6) is 5.88 Å². The average Bonchev–Trinajstić information content (AvgIpc) is 2.39. The van der Waals surface area contributed by atoms with E-state index in [1.165, 1.54) is 18.4 Å². The Balaban J connectivity index is 2.16. The summed E-state index contributed by atoms with van der Waals surface area (Å²) in [6, 6.07) is 2.15. The molecule has 0 spiro atoms. The van der Waals surface area contributed by atoms with Crippen molar-refractivity contribution in [3.8, 4) is 5.88 Å². The molecule has 0 atom stereocenters. The van der Waals surface area contributed by atoms with E-state index in [1.807, 2.05) is 6.20 Å². The third kappa shape index (κ3) is 2.76. The molecule has 4 heteroatoms. The third-order valence-corrected chi connectivity index (χ3v) is 3.55. The maximum atomic E-state index is 5.72. The van der Waals surface area contributed by atoms with Crippen LogP contribution in [0.2, 0.25) is 0 Å². The van der Waals surface area contributed by atoms with Crippen molar-refractivity contribution in [3.05, 3.63) is 23.4 Å². The number of nitrogens with zero attached hydrogens (tertiary/aromatic N) is 2. The minimum absolute atomic E-state index is 0.483. The highest BCUT2D eigenvalue weighted by atomic mass is 16.5. The predicted octanol–water partition coefficient (Wildman–Crippen LogP) is 1.36. The summed E-state index contributed by atoms with van der Waals surface area (Å²) >= 11 is 0. The molecule has 1 aromatic heterocycles. The minimum Gasteiger partial charge on any atom is -0.481 e. The molecule has 1 aliphatic rings. The molecule has 2 rings (SSSR count). The predicted molar refractivity (Wildman–Crippen MR) is 68.2 cm³/mol. The smallest absolute Gasteiger partial charge is 0.217 e. The number of piperidine rings is 1. The third-order valence-electron chi connectivity index (χ3n) is 3.55. The van der Waals surface area contributed by atoms with Gasteiger partial charge in [0, 0.05) is 18.3 Å². The molecule has 94 valence electrons. The number of hydrogen-bond acceptors (Lipinski definition) is 4. The van der Waals surface area contributed by atoms with Gasteiger partial charge in [0.05, 0.1) is 7.11 Å². The van der Waals surface area contributed by atoms with Crippen molar-refractivity contribution in [1.29, 1.82) is 0 Å². The van der Waals surface area contributed by atoms with Gasteiger partial charge in [0.25, 0.3) is 0 Å². The Bertz CT molecular complexity index is 373. The Kier molecular flexibility index (Phi) is 3.97. The van der Waals surface area contributed by atoms with Gasteiger partial charge in [-0.15, -0.1) is 0 Å². The topological polar surface area (TPSA) is 51.4 Å². The minimum atomic E-state index is 0.483. The molecular formula is C13H21N3O. The molecule has 0 amide bonds. The zero-order valence-electron chi connectivity index (χ0n) is 10.6. The molecule has 4 nitrogen and oxygen atoms in total. The molecular weight excluding hydrogens is 214 g/mol. The van der Waals surface area contributed by atoms with Gasteiger partial charge in [-0.3, -0.25) is 0 Å². The number of aromatic nitrogens is 1. The fourth-order valence-electron chi connectivity index (χ4n) is 2.41. The van der Waals surface area contributed by atoms with Crippen molar-refractivity contribution in [3.63, 3.8) is 0 Å². The number of likely N-dealkylation sites (tertiary alicyclic amines) is 1. The van der Waals surface area contributed by atoms with Crippen LogP contribution < -0.4 is 10.5 Å². The van der Waals surface area contributed by atoms with Gasteiger partial charge in [-0.05, 0) is 50.5 Å². The van der Waals surface area contributed by atoms with Crippen LogP contribution in [0.25, 0.3) is 0 Å². The van der Waals surface area contributed by atoms with Gasteiger partial charge < -0.3 is 15.4 Å². The Morgan fingerprint density at radius 1 is 1.47 bits per heavy atom. The molecule has 0 bridgehead atoms. The highest BCUT2D eigenvalue weighted by molar-refractivity contribution is 5.31. The van der Waals surface area contributed by atoms with Crippen LogP contribution in [0, 0.1) is 0 Å². The van der Waals surface area contributed by atoms with Crippen LogP contribution in [0.3, 0.4) is 0 Å². The van der Waals surface area contributed by atoms with Crippen molar-refractivity contribution in [2.24, 2.45) is 5.73 Å². The first-order valence-electron chi connectivity index (χ1n) is 6.16. The highest BCUT2D eigenvalue weighted by Gasteiger charge is 2.19. The molecule has 0 saturated carbocycles. The van der Waals surface area contributed by atoms with Gasteiger partial charge in [-0.25, -0.2) is 4.98 Å². The zero-order valence-corrected chi connectivity index (χ0v) is 10.6. The Labute approximate surface area is 103 Å². The molecule has 1 fully saturated rings. The van der Waals surface area contributed by atoms with Gasteiger partial charge in [0.15, 0.2) is 0 Å². The molecule has 1 aliphatic heterocycles. The van der Waals surface area contributed by atoms with Gasteiger partial charge in [0.1, 0.15) is 0 Å². The highest BCUT2D eigenvalue weighted by Crippen LogP contribution is 2.29. The van der Waals surface area contributed by atoms with Crippen LogP contribution in [-0.2, 0) is 6.54 Å². The number of hydrogen-bond donors (Lipinski definition) is 1. The molecule has 1 saturated heterocycles. The Hall–Kier alpha value is -1.13. The van der Waals surface area contributed by atoms with Crippen molar-refractivity contribution in [2.75, 3.05) is 27.2 Å². The standard InChI is InChI=1S/C13H21N3O/c1-16-5-3-10(4-6-16)12-7-11(8-14)13(17-2)15-9-12/h7,9-10H,3-6,8,14H2,1-2H3. The van der Waals surface area contributed by atoms with E-state index < -0.39 is 0 Å². The number of methoxy groups -OCH3 is 1. The fourth-order valence-corrected chi connectivity index (χ4v) is 2.41. The summed E-state index contributed by atoms with van der Waals surface area (Å²) in [6.45, 7) is 2.81. The molecule has 0 radical (unpaired) electrons. The SMILES string of the molecule is COc1ncc(C2CCN(C)CC2)cc1CN. The van der Waals surface area contributed by atoms with Crippen LogP contribution in [-0.4, -0.2) is 37.1 Å². The van der Waals surface area contributed by atoms with Crippen molar-refractivity contribution >= 4 is 0 Å². The number of nitrogens with two attached hydrogens (primary N) is 1. The molecule has 2 N–H and O–H groups in total. The number of pyridine rings is 1. The first-order chi connectivity index (χ1) is 8.24. The van der Waals surface area contributed by atoms with Crippen LogP contribution in [0.15, 0.2) is 12.3 Å². The van der Waals surface area contributed by atoms with E-state index in [4.69, 9.17) is 10.5 Å². The maximum absolute atomic E-state index is 5.72. The monoisotopic (exact) mass is 235 g/mol. The van der Waals surface area contributed by atoms with Crippen molar-refractivity contribution in [1.82, 2.24) is 9.88 Å². The summed E-state index contributed by atoms with van der Waals surface area (Å²) in [4.78, 5) is 6.72. The normalized spacial score (nSPS) is 18.3. The van der Waals surface area contributed by atoms with Gasteiger partial charge in [0.2, 0.25) is 5.88 Å². The zero-order chi connectivity index (χ0) is 12.3. The number of ether oxygens (including phenoxy) is 1. The average molecular weight is 235 g/mol. The second kappa shape index (κ2) is 5.47.